The third-order valence-corrected chi connectivity index (χ3v) is 9.01. The molecule has 1 saturated heterocycles. The summed E-state index contributed by atoms with van der Waals surface area (Å²) in [7, 11) is 1.27. The lowest BCUT2D eigenvalue weighted by Gasteiger charge is -2.48. The molecule has 5 rings (SSSR count). The van der Waals surface area contributed by atoms with Gasteiger partial charge in [0.1, 0.15) is 0 Å². The van der Waals surface area contributed by atoms with Crippen molar-refractivity contribution in [3.63, 3.8) is 0 Å². The first-order valence-corrected chi connectivity index (χ1v) is 13.7. The molecule has 2 heterocycles. The van der Waals surface area contributed by atoms with Gasteiger partial charge in [0, 0.05) is 36.1 Å². The molecular weight excluding hydrogens is 532 g/mol. The standard InChI is InChI=1S/C30H32N2O9/c1-5-40-27(35)29(28(36)41-6-2)15-22-23(26(34)39-4)24-20-9-7-8-10-21(20)25(33)30(22,16-29)31(24)17(3)18-11-13-19(14-12-18)32(37)38/h7-14,17,22-24H,5-6,15-16H2,1-4H3/t17-,22+,23+,24+,30+/m0/s1. The topological polar surface area (TPSA) is 142 Å². The van der Waals surface area contributed by atoms with Gasteiger partial charge in [-0.15, -0.1) is 0 Å². The summed E-state index contributed by atoms with van der Waals surface area (Å²) >= 11 is 0. The predicted molar refractivity (Wildman–Crippen MR) is 144 cm³/mol. The van der Waals surface area contributed by atoms with E-state index < -0.39 is 57.7 Å². The highest BCUT2D eigenvalue weighted by Crippen LogP contribution is 2.68. The average molecular weight is 565 g/mol. The molecule has 1 saturated carbocycles. The van der Waals surface area contributed by atoms with Crippen LogP contribution in [0.4, 0.5) is 5.69 Å². The summed E-state index contributed by atoms with van der Waals surface area (Å²) in [5.41, 5.74) is -1.62. The second kappa shape index (κ2) is 10.4. The summed E-state index contributed by atoms with van der Waals surface area (Å²) in [5, 5.41) is 11.3. The summed E-state index contributed by atoms with van der Waals surface area (Å²) in [5.74, 6) is -4.12. The minimum Gasteiger partial charge on any atom is -0.469 e. The average Bonchev–Trinajstić information content (AvgIpc) is 3.44. The van der Waals surface area contributed by atoms with Gasteiger partial charge in [0.25, 0.3) is 5.69 Å². The van der Waals surface area contributed by atoms with Crippen molar-refractivity contribution in [1.82, 2.24) is 4.90 Å². The Morgan fingerprint density at radius 1 is 1.05 bits per heavy atom. The van der Waals surface area contributed by atoms with E-state index in [4.69, 9.17) is 14.2 Å². The molecule has 2 bridgehead atoms. The fourth-order valence-electron chi connectivity index (χ4n) is 7.44. The minimum atomic E-state index is -1.82. The van der Waals surface area contributed by atoms with Crippen molar-refractivity contribution < 1.29 is 38.3 Å². The maximum Gasteiger partial charge on any atom is 0.323 e. The molecule has 0 unspecified atom stereocenters. The summed E-state index contributed by atoms with van der Waals surface area (Å²) in [6.45, 7) is 5.13. The quantitative estimate of drug-likeness (QED) is 0.152. The number of hydrogen-bond donors (Lipinski definition) is 0. The Bertz CT molecular complexity index is 1400. The van der Waals surface area contributed by atoms with Crippen LogP contribution in [0.2, 0.25) is 0 Å². The number of carbonyl (C=O) groups excluding carboxylic acids is 4. The Morgan fingerprint density at radius 3 is 2.22 bits per heavy atom. The van der Waals surface area contributed by atoms with Gasteiger partial charge in [0.2, 0.25) is 0 Å². The molecular formula is C30H32N2O9. The molecule has 2 aromatic carbocycles. The van der Waals surface area contributed by atoms with Crippen molar-refractivity contribution in [2.24, 2.45) is 17.3 Å². The number of nitro benzene ring substituents is 1. The van der Waals surface area contributed by atoms with Gasteiger partial charge in [-0.05, 0) is 38.3 Å². The first kappa shape index (κ1) is 28.4. The smallest absolute Gasteiger partial charge is 0.323 e. The molecule has 2 aliphatic heterocycles. The monoisotopic (exact) mass is 564 g/mol. The number of non-ortho nitro benzene ring substituents is 1. The summed E-state index contributed by atoms with van der Waals surface area (Å²) in [4.78, 5) is 68.1. The van der Waals surface area contributed by atoms with Gasteiger partial charge in [0.05, 0.1) is 42.7 Å². The Balaban J connectivity index is 1.76. The van der Waals surface area contributed by atoms with Crippen LogP contribution in [0.1, 0.15) is 67.2 Å². The largest absolute Gasteiger partial charge is 0.469 e. The van der Waals surface area contributed by atoms with Crippen LogP contribution in [-0.2, 0) is 28.6 Å². The number of hydrogen-bond acceptors (Lipinski definition) is 10. The van der Waals surface area contributed by atoms with E-state index in [1.54, 1.807) is 50.2 Å². The van der Waals surface area contributed by atoms with E-state index in [0.29, 0.717) is 16.7 Å². The van der Waals surface area contributed by atoms with Crippen molar-refractivity contribution in [3.05, 3.63) is 75.3 Å². The van der Waals surface area contributed by atoms with Crippen LogP contribution in [0.3, 0.4) is 0 Å². The lowest BCUT2D eigenvalue weighted by molar-refractivity contribution is -0.384. The van der Waals surface area contributed by atoms with E-state index in [1.165, 1.54) is 19.2 Å². The number of nitro groups is 1. The Hall–Kier alpha value is -4.12. The Kier molecular flexibility index (Phi) is 7.19. The van der Waals surface area contributed by atoms with Gasteiger partial charge < -0.3 is 14.2 Å². The fourth-order valence-corrected chi connectivity index (χ4v) is 7.44. The van der Waals surface area contributed by atoms with Crippen LogP contribution in [-0.4, -0.2) is 59.4 Å². The van der Waals surface area contributed by atoms with E-state index in [-0.39, 0.29) is 37.5 Å². The Labute approximate surface area is 236 Å². The Morgan fingerprint density at radius 2 is 1.66 bits per heavy atom. The third-order valence-electron chi connectivity index (χ3n) is 9.01. The number of rotatable bonds is 8. The second-order valence-corrected chi connectivity index (χ2v) is 10.8. The van der Waals surface area contributed by atoms with Crippen molar-refractivity contribution in [2.45, 2.75) is 51.2 Å². The van der Waals surface area contributed by atoms with Crippen LogP contribution in [0.5, 0.6) is 0 Å². The van der Waals surface area contributed by atoms with Crippen LogP contribution in [0.25, 0.3) is 0 Å². The number of ether oxygens (including phenoxy) is 3. The minimum absolute atomic E-state index is 0.0143. The number of nitrogens with zero attached hydrogens (tertiary/aromatic N) is 2. The molecule has 0 aromatic heterocycles. The normalized spacial score (nSPS) is 26.4. The van der Waals surface area contributed by atoms with Crippen LogP contribution in [0, 0.1) is 27.4 Å². The van der Waals surface area contributed by atoms with Crippen LogP contribution < -0.4 is 0 Å². The predicted octanol–water partition coefficient (Wildman–Crippen LogP) is 3.96. The summed E-state index contributed by atoms with van der Waals surface area (Å²) < 4.78 is 16.1. The highest BCUT2D eigenvalue weighted by molar-refractivity contribution is 6.11. The van der Waals surface area contributed by atoms with E-state index >= 15 is 0 Å². The molecule has 216 valence electrons. The molecule has 11 heteroatoms. The number of methoxy groups -OCH3 is 1. The van der Waals surface area contributed by atoms with Crippen molar-refractivity contribution >= 4 is 29.4 Å². The van der Waals surface area contributed by atoms with E-state index in [0.717, 1.165) is 0 Å². The fraction of sp³-hybridized carbons (Fsp3) is 0.467. The number of benzene rings is 2. The van der Waals surface area contributed by atoms with Gasteiger partial charge in [-0.1, -0.05) is 36.4 Å². The second-order valence-electron chi connectivity index (χ2n) is 10.8. The van der Waals surface area contributed by atoms with Crippen molar-refractivity contribution in [1.29, 1.82) is 0 Å². The molecule has 3 aliphatic rings. The first-order valence-electron chi connectivity index (χ1n) is 13.7. The third kappa shape index (κ3) is 3.97. The number of carbonyl (C=O) groups is 4. The zero-order chi connectivity index (χ0) is 29.7. The van der Waals surface area contributed by atoms with E-state index in [2.05, 4.69) is 0 Å². The maximum atomic E-state index is 14.7. The summed E-state index contributed by atoms with van der Waals surface area (Å²) in [6.07, 6.45) is -0.374. The van der Waals surface area contributed by atoms with Gasteiger partial charge in [-0.2, -0.15) is 0 Å². The first-order chi connectivity index (χ1) is 19.6. The highest BCUT2D eigenvalue weighted by atomic mass is 16.6. The zero-order valence-corrected chi connectivity index (χ0v) is 23.3. The number of esters is 3. The lowest BCUT2D eigenvalue weighted by atomic mass is 9.75. The van der Waals surface area contributed by atoms with Crippen molar-refractivity contribution in [2.75, 3.05) is 20.3 Å². The van der Waals surface area contributed by atoms with Crippen molar-refractivity contribution in [3.8, 4) is 0 Å². The SMILES string of the molecule is CCOC(=O)C1(C(=O)OCC)C[C@@H]2[C@@H](C(=O)OC)[C@H]3c4ccccc4C(=O)[C@]2(C1)N3[C@@H](C)c1ccc([N+](=O)[O-])cc1. The molecule has 2 fully saturated rings. The van der Waals surface area contributed by atoms with Gasteiger partial charge in [-0.3, -0.25) is 34.2 Å². The highest BCUT2D eigenvalue weighted by Gasteiger charge is 2.77. The van der Waals surface area contributed by atoms with Crippen LogP contribution >= 0.6 is 0 Å². The van der Waals surface area contributed by atoms with E-state index in [9.17, 15) is 29.3 Å². The lowest BCUT2D eigenvalue weighted by Crippen LogP contribution is -2.57. The number of Topliss-reactive ketones (excluding diaryl/α,β-unsaturated/α-hetero) is 1. The zero-order valence-electron chi connectivity index (χ0n) is 23.3. The molecule has 11 nitrogen and oxygen atoms in total. The molecule has 41 heavy (non-hydrogen) atoms. The number of fused-ring (bicyclic) bond motifs is 3. The molecule has 0 N–H and O–H groups in total. The maximum absolute atomic E-state index is 14.7. The van der Waals surface area contributed by atoms with Crippen LogP contribution in [0.15, 0.2) is 48.5 Å². The van der Waals surface area contributed by atoms with E-state index in [1.807, 2.05) is 11.8 Å². The molecule has 0 radical (unpaired) electrons. The molecule has 0 amide bonds. The van der Waals surface area contributed by atoms with Gasteiger partial charge in [-0.25, -0.2) is 0 Å². The van der Waals surface area contributed by atoms with Gasteiger partial charge in [0.15, 0.2) is 11.2 Å². The molecule has 2 aromatic rings. The van der Waals surface area contributed by atoms with Gasteiger partial charge >= 0.3 is 17.9 Å². The molecule has 1 spiro atoms. The molecule has 1 aliphatic carbocycles. The summed E-state index contributed by atoms with van der Waals surface area (Å²) in [6, 6.07) is 11.9. The number of ketones is 1. The molecule has 5 atom stereocenters.